The molecule has 29 heavy (non-hydrogen) atoms. The molecule has 4 rings (SSSR count). The number of aromatic nitrogens is 2. The smallest absolute Gasteiger partial charge is 0.282 e. The van der Waals surface area contributed by atoms with Crippen molar-refractivity contribution in [2.75, 3.05) is 7.11 Å². The van der Waals surface area contributed by atoms with Gasteiger partial charge in [0, 0.05) is 5.92 Å². The summed E-state index contributed by atoms with van der Waals surface area (Å²) in [7, 11) is 1.49. The number of aromatic hydroxyl groups is 1. The Labute approximate surface area is 177 Å². The van der Waals surface area contributed by atoms with Gasteiger partial charge in [0.05, 0.1) is 28.7 Å². The van der Waals surface area contributed by atoms with Crippen molar-refractivity contribution in [1.82, 2.24) is 9.66 Å². The van der Waals surface area contributed by atoms with Crippen molar-refractivity contribution in [2.45, 2.75) is 38.0 Å². The van der Waals surface area contributed by atoms with Gasteiger partial charge in [-0.25, -0.2) is 4.98 Å². The monoisotopic (exact) mass is 455 g/mol. The molecule has 0 spiro atoms. The van der Waals surface area contributed by atoms with E-state index in [-0.39, 0.29) is 17.2 Å². The van der Waals surface area contributed by atoms with Crippen molar-refractivity contribution in [1.29, 1.82) is 0 Å². The van der Waals surface area contributed by atoms with Crippen LogP contribution in [0.1, 0.15) is 49.4 Å². The van der Waals surface area contributed by atoms with Crippen LogP contribution in [-0.4, -0.2) is 28.1 Å². The van der Waals surface area contributed by atoms with Crippen LogP contribution in [0.3, 0.4) is 0 Å². The summed E-state index contributed by atoms with van der Waals surface area (Å²) in [5, 5.41) is 15.1. The molecule has 0 unspecified atom stereocenters. The lowest BCUT2D eigenvalue weighted by Crippen LogP contribution is -2.25. The first kappa shape index (κ1) is 19.6. The van der Waals surface area contributed by atoms with Gasteiger partial charge in [-0.2, -0.15) is 9.78 Å². The van der Waals surface area contributed by atoms with Gasteiger partial charge in [0.25, 0.3) is 5.56 Å². The Balaban J connectivity index is 1.83. The molecule has 0 amide bonds. The lowest BCUT2D eigenvalue weighted by molar-refractivity contribution is 0.372. The van der Waals surface area contributed by atoms with Crippen LogP contribution in [0.25, 0.3) is 10.9 Å². The predicted octanol–water partition coefficient (Wildman–Crippen LogP) is 4.80. The summed E-state index contributed by atoms with van der Waals surface area (Å²) in [4.78, 5) is 18.0. The number of phenolic OH excluding ortho intramolecular Hbond substituents is 1. The lowest BCUT2D eigenvalue weighted by atomic mass is 9.88. The van der Waals surface area contributed by atoms with E-state index in [1.807, 2.05) is 18.2 Å². The zero-order valence-electron chi connectivity index (χ0n) is 16.1. The van der Waals surface area contributed by atoms with E-state index in [1.54, 1.807) is 24.4 Å². The molecule has 0 atom stereocenters. The van der Waals surface area contributed by atoms with E-state index in [0.29, 0.717) is 26.7 Å². The van der Waals surface area contributed by atoms with Crippen molar-refractivity contribution in [3.63, 3.8) is 0 Å². The molecule has 1 aliphatic carbocycles. The number of nitrogens with zero attached hydrogens (tertiary/aromatic N) is 3. The van der Waals surface area contributed by atoms with E-state index < -0.39 is 0 Å². The van der Waals surface area contributed by atoms with Crippen molar-refractivity contribution >= 4 is 33.0 Å². The molecular formula is C22H22BrN3O3. The molecule has 1 aromatic heterocycles. The molecule has 0 saturated heterocycles. The van der Waals surface area contributed by atoms with Gasteiger partial charge in [0.2, 0.25) is 0 Å². The number of ether oxygens (including phenoxy) is 1. The maximum Gasteiger partial charge on any atom is 0.282 e. The first-order chi connectivity index (χ1) is 14.1. The number of hydrogen-bond acceptors (Lipinski definition) is 5. The molecule has 1 aliphatic rings. The van der Waals surface area contributed by atoms with Crippen LogP contribution in [0.5, 0.6) is 11.5 Å². The Morgan fingerprint density at radius 2 is 2.00 bits per heavy atom. The van der Waals surface area contributed by atoms with Crippen LogP contribution >= 0.6 is 15.9 Å². The van der Waals surface area contributed by atoms with Crippen molar-refractivity contribution in [3.05, 3.63) is 62.6 Å². The maximum absolute atomic E-state index is 13.2. The second-order valence-corrected chi connectivity index (χ2v) is 8.09. The minimum absolute atomic E-state index is 0.0251. The minimum Gasteiger partial charge on any atom is -0.503 e. The second kappa shape index (κ2) is 8.37. The highest BCUT2D eigenvalue weighted by Gasteiger charge is 2.22. The Morgan fingerprint density at radius 3 is 2.76 bits per heavy atom. The SMILES string of the molecule is COc1cc(C=Nn2c(C3CCCCC3)nc3ccccc3c2=O)cc(Br)c1O. The Bertz CT molecular complexity index is 1130. The number of phenols is 1. The van der Waals surface area contributed by atoms with Crippen molar-refractivity contribution in [3.8, 4) is 11.5 Å². The molecule has 7 heteroatoms. The molecule has 1 saturated carbocycles. The van der Waals surface area contributed by atoms with Crippen LogP contribution < -0.4 is 10.3 Å². The second-order valence-electron chi connectivity index (χ2n) is 7.24. The van der Waals surface area contributed by atoms with Gasteiger partial charge in [-0.3, -0.25) is 4.79 Å². The number of hydrogen-bond donors (Lipinski definition) is 1. The van der Waals surface area contributed by atoms with Crippen LogP contribution in [-0.2, 0) is 0 Å². The number of para-hydroxylation sites is 1. The largest absolute Gasteiger partial charge is 0.503 e. The third-order valence-corrected chi connectivity index (χ3v) is 5.95. The van der Waals surface area contributed by atoms with Crippen LogP contribution in [0.2, 0.25) is 0 Å². The van der Waals surface area contributed by atoms with E-state index in [0.717, 1.165) is 31.5 Å². The summed E-state index contributed by atoms with van der Waals surface area (Å²) in [6, 6.07) is 10.8. The molecule has 2 aromatic carbocycles. The summed E-state index contributed by atoms with van der Waals surface area (Å²) >= 11 is 3.32. The standard InChI is InChI=1S/C22H22BrN3O3/c1-29-19-12-14(11-17(23)20(19)27)13-24-26-21(15-7-3-2-4-8-15)25-18-10-6-5-9-16(18)22(26)28/h5-6,9-13,15,27H,2-4,7-8H2,1H3. The average molecular weight is 456 g/mol. The molecule has 0 bridgehead atoms. The van der Waals surface area contributed by atoms with Crippen LogP contribution in [0.15, 0.2) is 50.8 Å². The van der Waals surface area contributed by atoms with Gasteiger partial charge in [-0.05, 0) is 58.6 Å². The number of methoxy groups -OCH3 is 1. The van der Waals surface area contributed by atoms with Crippen molar-refractivity contribution in [2.24, 2.45) is 5.10 Å². The minimum atomic E-state index is -0.169. The highest BCUT2D eigenvalue weighted by molar-refractivity contribution is 9.10. The van der Waals surface area contributed by atoms with Gasteiger partial charge in [0.1, 0.15) is 5.82 Å². The topological polar surface area (TPSA) is 76.7 Å². The normalized spacial score (nSPS) is 15.2. The zero-order chi connectivity index (χ0) is 20.4. The highest BCUT2D eigenvalue weighted by atomic mass is 79.9. The fourth-order valence-corrected chi connectivity index (χ4v) is 4.29. The van der Waals surface area contributed by atoms with Gasteiger partial charge in [-0.15, -0.1) is 0 Å². The summed E-state index contributed by atoms with van der Waals surface area (Å²) in [6.45, 7) is 0. The Morgan fingerprint density at radius 1 is 1.24 bits per heavy atom. The van der Waals surface area contributed by atoms with Gasteiger partial charge >= 0.3 is 0 Å². The number of fused-ring (bicyclic) bond motifs is 1. The molecule has 1 fully saturated rings. The molecule has 0 aliphatic heterocycles. The molecule has 6 nitrogen and oxygen atoms in total. The van der Waals surface area contributed by atoms with Gasteiger partial charge < -0.3 is 9.84 Å². The number of halogens is 1. The summed E-state index contributed by atoms with van der Waals surface area (Å²) in [6.07, 6.45) is 7.12. The number of rotatable bonds is 4. The van der Waals surface area contributed by atoms with E-state index in [4.69, 9.17) is 9.72 Å². The van der Waals surface area contributed by atoms with Gasteiger partial charge in [-0.1, -0.05) is 31.4 Å². The molecule has 1 heterocycles. The highest BCUT2D eigenvalue weighted by Crippen LogP contribution is 2.35. The van der Waals surface area contributed by atoms with E-state index in [2.05, 4.69) is 21.0 Å². The molecule has 150 valence electrons. The summed E-state index contributed by atoms with van der Waals surface area (Å²) in [5.41, 5.74) is 1.23. The lowest BCUT2D eigenvalue weighted by Gasteiger charge is -2.22. The van der Waals surface area contributed by atoms with Crippen LogP contribution in [0.4, 0.5) is 0 Å². The van der Waals surface area contributed by atoms with E-state index in [9.17, 15) is 9.90 Å². The predicted molar refractivity (Wildman–Crippen MR) is 117 cm³/mol. The quantitative estimate of drug-likeness (QED) is 0.572. The van der Waals surface area contributed by atoms with Crippen LogP contribution in [0, 0.1) is 0 Å². The molecule has 3 aromatic rings. The molecule has 1 N–H and O–H groups in total. The maximum atomic E-state index is 13.2. The fraction of sp³-hybridized carbons (Fsp3) is 0.318. The summed E-state index contributed by atoms with van der Waals surface area (Å²) in [5.74, 6) is 1.29. The van der Waals surface area contributed by atoms with Crippen molar-refractivity contribution < 1.29 is 9.84 Å². The Kier molecular flexibility index (Phi) is 5.67. The molecule has 0 radical (unpaired) electrons. The van der Waals surface area contributed by atoms with E-state index in [1.165, 1.54) is 18.2 Å². The summed E-state index contributed by atoms with van der Waals surface area (Å²) < 4.78 is 7.13. The fourth-order valence-electron chi connectivity index (χ4n) is 3.83. The van der Waals surface area contributed by atoms with Gasteiger partial charge in [0.15, 0.2) is 11.5 Å². The number of benzene rings is 2. The average Bonchev–Trinajstić information content (AvgIpc) is 2.75. The third-order valence-electron chi connectivity index (χ3n) is 5.34. The first-order valence-corrected chi connectivity index (χ1v) is 10.5. The Hall–Kier alpha value is -2.67. The zero-order valence-corrected chi connectivity index (χ0v) is 17.7. The molecular weight excluding hydrogens is 434 g/mol. The third kappa shape index (κ3) is 3.92. The first-order valence-electron chi connectivity index (χ1n) is 9.71. The van der Waals surface area contributed by atoms with E-state index >= 15 is 0 Å².